The van der Waals surface area contributed by atoms with Crippen LogP contribution in [0.1, 0.15) is 27.1 Å². The summed E-state index contributed by atoms with van der Waals surface area (Å²) in [6.45, 7) is -0.679. The van der Waals surface area contributed by atoms with E-state index in [1.807, 2.05) is 45.2 Å². The quantitative estimate of drug-likeness (QED) is 0.256. The fraction of sp³-hybridized carbons (Fsp3) is 0.385. The van der Waals surface area contributed by atoms with Gasteiger partial charge in [-0.15, -0.1) is 0 Å². The van der Waals surface area contributed by atoms with Crippen LogP contribution in [-0.2, 0) is 33.3 Å². The van der Waals surface area contributed by atoms with Crippen molar-refractivity contribution in [3.63, 3.8) is 0 Å². The number of carbonyl (C=O) groups excluding carboxylic acids is 4. The van der Waals surface area contributed by atoms with Gasteiger partial charge < -0.3 is 28.8 Å². The number of aliphatic hydroxyl groups excluding tert-OH is 1. The van der Waals surface area contributed by atoms with Crippen LogP contribution in [0.3, 0.4) is 0 Å². The van der Waals surface area contributed by atoms with Crippen molar-refractivity contribution >= 4 is 69.1 Å². The molecular weight excluding hydrogens is 726 g/mol. The number of fused-ring (bicyclic) bond motifs is 3. The number of halogens is 2. The molecule has 12 heteroatoms. The van der Waals surface area contributed by atoms with E-state index in [2.05, 4.69) is 0 Å². The van der Waals surface area contributed by atoms with Crippen LogP contribution >= 0.6 is 45.2 Å². The number of benzene rings is 2. The van der Waals surface area contributed by atoms with E-state index in [9.17, 15) is 24.3 Å². The van der Waals surface area contributed by atoms with Crippen molar-refractivity contribution in [2.45, 2.75) is 36.9 Å². The van der Waals surface area contributed by atoms with E-state index in [0.717, 1.165) is 0 Å². The zero-order valence-electron chi connectivity index (χ0n) is 19.7. The maximum Gasteiger partial charge on any atom is 0.339 e. The topological polar surface area (TPSA) is 135 Å². The summed E-state index contributed by atoms with van der Waals surface area (Å²) in [7, 11) is 0. The molecule has 0 amide bonds. The zero-order valence-corrected chi connectivity index (χ0v) is 24.0. The van der Waals surface area contributed by atoms with Gasteiger partial charge in [-0.25, -0.2) is 9.59 Å². The average Bonchev–Trinajstić information content (AvgIpc) is 3.43. The SMILES string of the molecule is O=C1C[C@H]2[C@H](O[C@@H]3[C@@H]([C@H](O)COC(=O)c4ccccc4I)OC(=O)[C@H]23)[C@@H](COC(=O)c2ccccc2I)O1. The van der Waals surface area contributed by atoms with Crippen molar-refractivity contribution in [3.8, 4) is 0 Å². The number of cyclic esters (lactones) is 2. The van der Waals surface area contributed by atoms with Gasteiger partial charge in [-0.1, -0.05) is 24.3 Å². The van der Waals surface area contributed by atoms with Gasteiger partial charge in [-0.05, 0) is 69.4 Å². The number of rotatable bonds is 7. The van der Waals surface area contributed by atoms with Gasteiger partial charge in [-0.3, -0.25) is 9.59 Å². The van der Waals surface area contributed by atoms with Crippen molar-refractivity contribution in [1.29, 1.82) is 0 Å². The molecule has 1 N–H and O–H groups in total. The molecule has 7 atom stereocenters. The summed E-state index contributed by atoms with van der Waals surface area (Å²) in [4.78, 5) is 50.1. The first-order chi connectivity index (χ1) is 18.2. The largest absolute Gasteiger partial charge is 0.459 e. The van der Waals surface area contributed by atoms with E-state index in [1.165, 1.54) is 0 Å². The lowest BCUT2D eigenvalue weighted by atomic mass is 9.81. The Morgan fingerprint density at radius 2 is 1.53 bits per heavy atom. The molecule has 200 valence electrons. The van der Waals surface area contributed by atoms with Crippen molar-refractivity contribution in [2.75, 3.05) is 13.2 Å². The number of ether oxygens (including phenoxy) is 5. The molecule has 0 saturated carbocycles. The van der Waals surface area contributed by atoms with Gasteiger partial charge in [0.1, 0.15) is 31.5 Å². The van der Waals surface area contributed by atoms with E-state index in [1.54, 1.807) is 48.5 Å². The summed E-state index contributed by atoms with van der Waals surface area (Å²) in [6.07, 6.45) is -5.09. The Kier molecular flexibility index (Phi) is 8.21. The normalized spacial score (nSPS) is 28.5. The van der Waals surface area contributed by atoms with Crippen molar-refractivity contribution < 1.29 is 48.0 Å². The highest BCUT2D eigenvalue weighted by atomic mass is 127. The molecule has 3 heterocycles. The number of esters is 4. The molecule has 2 aromatic carbocycles. The van der Waals surface area contributed by atoms with Crippen LogP contribution < -0.4 is 0 Å². The molecule has 0 aromatic heterocycles. The standard InChI is InChI=1S/C26H22I2O10/c27-15-7-3-1-5-12(15)24(31)34-10-17(29)22-23-20(26(33)38-22)14-9-19(30)36-18(21(14)37-23)11-35-25(32)13-6-2-4-8-16(13)28/h1-8,14,17-18,20-23,29H,9-11H2/t14-,17-,18-,20-,21+,22-,23+/m1/s1. The maximum absolute atomic E-state index is 12.8. The summed E-state index contributed by atoms with van der Waals surface area (Å²) in [5, 5.41) is 10.8. The number of carbonyl (C=O) groups is 4. The summed E-state index contributed by atoms with van der Waals surface area (Å²) in [5.74, 6) is -3.74. The summed E-state index contributed by atoms with van der Waals surface area (Å²) in [6, 6.07) is 13.7. The molecule has 3 aliphatic heterocycles. The molecular formula is C26H22I2O10. The van der Waals surface area contributed by atoms with E-state index in [0.29, 0.717) is 18.3 Å². The van der Waals surface area contributed by atoms with Gasteiger partial charge in [0.2, 0.25) is 0 Å². The Morgan fingerprint density at radius 1 is 0.921 bits per heavy atom. The minimum atomic E-state index is -1.35. The molecule has 0 radical (unpaired) electrons. The Hall–Kier alpha value is -2.30. The Balaban J connectivity index is 1.24. The van der Waals surface area contributed by atoms with Gasteiger partial charge in [0.25, 0.3) is 0 Å². The Morgan fingerprint density at radius 3 is 2.16 bits per heavy atom. The summed E-state index contributed by atoms with van der Waals surface area (Å²) < 4.78 is 29.0. The molecule has 10 nitrogen and oxygen atoms in total. The fourth-order valence-electron chi connectivity index (χ4n) is 5.02. The molecule has 0 bridgehead atoms. The van der Waals surface area contributed by atoms with Gasteiger partial charge in [0, 0.05) is 13.1 Å². The van der Waals surface area contributed by atoms with Crippen LogP contribution in [0.2, 0.25) is 0 Å². The highest BCUT2D eigenvalue weighted by Crippen LogP contribution is 2.46. The third-order valence-corrected chi connectivity index (χ3v) is 8.66. The predicted molar refractivity (Wildman–Crippen MR) is 145 cm³/mol. The average molecular weight is 748 g/mol. The summed E-state index contributed by atoms with van der Waals surface area (Å²) in [5.41, 5.74) is 0.727. The highest BCUT2D eigenvalue weighted by Gasteiger charge is 2.63. The first-order valence-corrected chi connectivity index (χ1v) is 14.0. The molecule has 0 aliphatic carbocycles. The molecule has 2 aromatic rings. The molecule has 3 fully saturated rings. The molecule has 5 rings (SSSR count). The number of hydrogen-bond acceptors (Lipinski definition) is 10. The van der Waals surface area contributed by atoms with Gasteiger partial charge >= 0.3 is 23.9 Å². The van der Waals surface area contributed by atoms with E-state index in [-0.39, 0.29) is 13.0 Å². The molecule has 3 aliphatic rings. The van der Waals surface area contributed by atoms with Crippen molar-refractivity contribution in [2.24, 2.45) is 11.8 Å². The van der Waals surface area contributed by atoms with Crippen LogP contribution in [0.15, 0.2) is 48.5 Å². The minimum absolute atomic E-state index is 0.0772. The second kappa shape index (κ2) is 11.4. The summed E-state index contributed by atoms with van der Waals surface area (Å²) >= 11 is 4.03. The minimum Gasteiger partial charge on any atom is -0.459 e. The van der Waals surface area contributed by atoms with Crippen molar-refractivity contribution in [1.82, 2.24) is 0 Å². The first-order valence-electron chi connectivity index (χ1n) is 11.8. The van der Waals surface area contributed by atoms with E-state index in [4.69, 9.17) is 23.7 Å². The van der Waals surface area contributed by atoms with Crippen LogP contribution in [-0.4, -0.2) is 72.7 Å². The molecule has 3 saturated heterocycles. The monoisotopic (exact) mass is 748 g/mol. The van der Waals surface area contributed by atoms with E-state index >= 15 is 0 Å². The maximum atomic E-state index is 12.8. The third-order valence-electron chi connectivity index (χ3n) is 6.78. The second-order valence-corrected chi connectivity index (χ2v) is 11.4. The highest BCUT2D eigenvalue weighted by molar-refractivity contribution is 14.1. The van der Waals surface area contributed by atoms with Gasteiger partial charge in [-0.2, -0.15) is 0 Å². The van der Waals surface area contributed by atoms with Gasteiger partial charge in [0.05, 0.1) is 23.5 Å². The number of hydrogen-bond donors (Lipinski definition) is 1. The van der Waals surface area contributed by atoms with Crippen LogP contribution in [0.5, 0.6) is 0 Å². The lowest BCUT2D eigenvalue weighted by Gasteiger charge is -2.33. The first kappa shape index (κ1) is 27.3. The van der Waals surface area contributed by atoms with Crippen LogP contribution in [0, 0.1) is 19.0 Å². The Labute approximate surface area is 244 Å². The molecule has 0 spiro atoms. The zero-order chi connectivity index (χ0) is 27.0. The smallest absolute Gasteiger partial charge is 0.339 e. The second-order valence-electron chi connectivity index (χ2n) is 9.11. The van der Waals surface area contributed by atoms with Crippen LogP contribution in [0.25, 0.3) is 0 Å². The fourth-order valence-corrected chi connectivity index (χ4v) is 6.23. The van der Waals surface area contributed by atoms with E-state index < -0.39 is 72.8 Å². The molecule has 0 unspecified atom stereocenters. The van der Waals surface area contributed by atoms with Gasteiger partial charge in [0.15, 0.2) is 12.2 Å². The number of aliphatic hydroxyl groups is 1. The van der Waals surface area contributed by atoms with Crippen LogP contribution in [0.4, 0.5) is 0 Å². The third kappa shape index (κ3) is 5.40. The molecule has 38 heavy (non-hydrogen) atoms. The van der Waals surface area contributed by atoms with Crippen molar-refractivity contribution in [3.05, 3.63) is 66.8 Å². The lowest BCUT2D eigenvalue weighted by Crippen LogP contribution is -2.47. The lowest BCUT2D eigenvalue weighted by molar-refractivity contribution is -0.183. The predicted octanol–water partition coefficient (Wildman–Crippen LogP) is 2.51. The Bertz CT molecular complexity index is 1270.